The molecule has 1 saturated heterocycles. The van der Waals surface area contributed by atoms with Crippen LogP contribution in [0.25, 0.3) is 0 Å². The normalized spacial score (nSPS) is 23.4. The van der Waals surface area contributed by atoms with E-state index in [0.29, 0.717) is 5.82 Å². The van der Waals surface area contributed by atoms with Gasteiger partial charge in [0.1, 0.15) is 17.7 Å². The van der Waals surface area contributed by atoms with Crippen molar-refractivity contribution in [1.29, 1.82) is 0 Å². The summed E-state index contributed by atoms with van der Waals surface area (Å²) in [6.45, 7) is 6.61. The van der Waals surface area contributed by atoms with Crippen LogP contribution in [0.4, 0.5) is 5.82 Å². The maximum atomic E-state index is 11.4. The Morgan fingerprint density at radius 2 is 2.28 bits per heavy atom. The van der Waals surface area contributed by atoms with Gasteiger partial charge in [0.2, 0.25) is 0 Å². The summed E-state index contributed by atoms with van der Waals surface area (Å²) in [6.07, 6.45) is 1.72. The van der Waals surface area contributed by atoms with Gasteiger partial charge in [0.05, 0.1) is 0 Å². The van der Waals surface area contributed by atoms with Crippen LogP contribution >= 0.6 is 0 Å². The number of carboxylic acids is 1. The Labute approximate surface area is 107 Å². The van der Waals surface area contributed by atoms with Gasteiger partial charge in [0.15, 0.2) is 0 Å². The van der Waals surface area contributed by atoms with E-state index in [1.165, 1.54) is 0 Å². The molecule has 2 rings (SSSR count). The first-order valence-corrected chi connectivity index (χ1v) is 6.37. The van der Waals surface area contributed by atoms with Gasteiger partial charge in [0.25, 0.3) is 0 Å². The lowest BCUT2D eigenvalue weighted by atomic mass is 10.0. The molecule has 0 aliphatic carbocycles. The summed E-state index contributed by atoms with van der Waals surface area (Å²) in [7, 11) is 0. The van der Waals surface area contributed by atoms with E-state index in [2.05, 4.69) is 9.97 Å². The van der Waals surface area contributed by atoms with Crippen LogP contribution in [0.3, 0.4) is 0 Å². The van der Waals surface area contributed by atoms with Crippen LogP contribution < -0.4 is 4.90 Å². The smallest absolute Gasteiger partial charge is 0.326 e. The van der Waals surface area contributed by atoms with Gasteiger partial charge < -0.3 is 10.0 Å². The second-order valence-electron chi connectivity index (χ2n) is 4.86. The van der Waals surface area contributed by atoms with Gasteiger partial charge in [-0.15, -0.1) is 0 Å². The standard InChI is InChI=1S/C13H19N3O2/c1-4-10-7-11(15-9(3)14-10)16-6-5-8(2)12(16)13(17)18/h7-8,12H,4-6H2,1-3H3,(H,17,18). The molecule has 0 amide bonds. The molecule has 1 fully saturated rings. The number of rotatable bonds is 3. The maximum absolute atomic E-state index is 11.4. The Morgan fingerprint density at radius 1 is 1.56 bits per heavy atom. The SMILES string of the molecule is CCc1cc(N2CCC(C)C2C(=O)O)nc(C)n1. The zero-order valence-electron chi connectivity index (χ0n) is 11.1. The lowest BCUT2D eigenvalue weighted by Gasteiger charge is -2.24. The number of aryl methyl sites for hydroxylation is 2. The zero-order valence-corrected chi connectivity index (χ0v) is 11.1. The highest BCUT2D eigenvalue weighted by molar-refractivity contribution is 5.79. The van der Waals surface area contributed by atoms with Gasteiger partial charge in [0, 0.05) is 18.3 Å². The van der Waals surface area contributed by atoms with Gasteiger partial charge in [-0.05, 0) is 25.7 Å². The van der Waals surface area contributed by atoms with Crippen molar-refractivity contribution >= 4 is 11.8 Å². The second-order valence-corrected chi connectivity index (χ2v) is 4.86. The highest BCUT2D eigenvalue weighted by Crippen LogP contribution is 2.29. The molecule has 1 aromatic rings. The largest absolute Gasteiger partial charge is 0.480 e. The van der Waals surface area contributed by atoms with E-state index in [4.69, 9.17) is 0 Å². The zero-order chi connectivity index (χ0) is 13.3. The van der Waals surface area contributed by atoms with E-state index in [1.807, 2.05) is 31.7 Å². The molecule has 98 valence electrons. The summed E-state index contributed by atoms with van der Waals surface area (Å²) in [5, 5.41) is 9.33. The highest BCUT2D eigenvalue weighted by Gasteiger charge is 2.37. The Morgan fingerprint density at radius 3 is 2.89 bits per heavy atom. The van der Waals surface area contributed by atoms with Crippen molar-refractivity contribution in [1.82, 2.24) is 9.97 Å². The van der Waals surface area contributed by atoms with E-state index in [1.54, 1.807) is 0 Å². The minimum Gasteiger partial charge on any atom is -0.480 e. The number of anilines is 1. The third-order valence-corrected chi connectivity index (χ3v) is 3.49. The van der Waals surface area contributed by atoms with Gasteiger partial charge >= 0.3 is 5.97 Å². The number of aliphatic carboxylic acids is 1. The molecule has 0 bridgehead atoms. The minimum absolute atomic E-state index is 0.155. The van der Waals surface area contributed by atoms with Crippen molar-refractivity contribution in [3.8, 4) is 0 Å². The molecule has 0 saturated carbocycles. The number of hydrogen-bond donors (Lipinski definition) is 1. The highest BCUT2D eigenvalue weighted by atomic mass is 16.4. The number of carbonyl (C=O) groups is 1. The molecule has 0 radical (unpaired) electrons. The van der Waals surface area contributed by atoms with Crippen molar-refractivity contribution in [2.45, 2.75) is 39.7 Å². The van der Waals surface area contributed by atoms with Gasteiger partial charge in [-0.1, -0.05) is 13.8 Å². The molecule has 2 unspecified atom stereocenters. The summed E-state index contributed by atoms with van der Waals surface area (Å²) in [4.78, 5) is 21.9. The van der Waals surface area contributed by atoms with Crippen LogP contribution in [0.1, 0.15) is 31.8 Å². The van der Waals surface area contributed by atoms with E-state index in [0.717, 1.165) is 30.9 Å². The third kappa shape index (κ3) is 2.30. The van der Waals surface area contributed by atoms with Crippen LogP contribution in [0.2, 0.25) is 0 Å². The van der Waals surface area contributed by atoms with Crippen molar-refractivity contribution in [2.75, 3.05) is 11.4 Å². The summed E-state index contributed by atoms with van der Waals surface area (Å²) in [6, 6.07) is 1.44. The Kier molecular flexibility index (Phi) is 3.50. The third-order valence-electron chi connectivity index (χ3n) is 3.49. The quantitative estimate of drug-likeness (QED) is 0.882. The lowest BCUT2D eigenvalue weighted by molar-refractivity contribution is -0.139. The number of hydrogen-bond acceptors (Lipinski definition) is 4. The Balaban J connectivity index is 2.36. The van der Waals surface area contributed by atoms with Crippen molar-refractivity contribution in [3.05, 3.63) is 17.6 Å². The molecule has 5 heteroatoms. The second kappa shape index (κ2) is 4.92. The molecular weight excluding hydrogens is 230 g/mol. The fraction of sp³-hybridized carbons (Fsp3) is 0.615. The molecule has 0 aromatic carbocycles. The summed E-state index contributed by atoms with van der Waals surface area (Å²) in [5.41, 5.74) is 0.959. The molecule has 2 heterocycles. The first kappa shape index (κ1) is 12.8. The molecule has 0 spiro atoms. The topological polar surface area (TPSA) is 66.3 Å². The summed E-state index contributed by atoms with van der Waals surface area (Å²) >= 11 is 0. The fourth-order valence-electron chi connectivity index (χ4n) is 2.52. The van der Waals surface area contributed by atoms with E-state index >= 15 is 0 Å². The molecule has 1 aromatic heterocycles. The molecule has 5 nitrogen and oxygen atoms in total. The molecule has 1 aliphatic rings. The van der Waals surface area contributed by atoms with Gasteiger partial charge in [-0.25, -0.2) is 14.8 Å². The number of nitrogens with zero attached hydrogens (tertiary/aromatic N) is 3. The van der Waals surface area contributed by atoms with Crippen LogP contribution in [0, 0.1) is 12.8 Å². The predicted molar refractivity (Wildman–Crippen MR) is 68.7 cm³/mol. The monoisotopic (exact) mass is 249 g/mol. The van der Waals surface area contributed by atoms with Gasteiger partial charge in [-0.3, -0.25) is 0 Å². The molecular formula is C13H19N3O2. The first-order chi connectivity index (χ1) is 8.52. The Bertz CT molecular complexity index is 462. The van der Waals surface area contributed by atoms with E-state index < -0.39 is 12.0 Å². The molecule has 2 atom stereocenters. The number of aromatic nitrogens is 2. The minimum atomic E-state index is -0.769. The lowest BCUT2D eigenvalue weighted by Crippen LogP contribution is -2.39. The van der Waals surface area contributed by atoms with Crippen LogP contribution in [-0.2, 0) is 11.2 Å². The average molecular weight is 249 g/mol. The van der Waals surface area contributed by atoms with Crippen LogP contribution in [0.15, 0.2) is 6.07 Å². The molecule has 18 heavy (non-hydrogen) atoms. The average Bonchev–Trinajstić information content (AvgIpc) is 2.70. The predicted octanol–water partition coefficient (Wildman–Crippen LogP) is 1.65. The van der Waals surface area contributed by atoms with Crippen LogP contribution in [0.5, 0.6) is 0 Å². The van der Waals surface area contributed by atoms with Crippen molar-refractivity contribution in [3.63, 3.8) is 0 Å². The van der Waals surface area contributed by atoms with Crippen molar-refractivity contribution < 1.29 is 9.90 Å². The number of carboxylic acid groups (broad SMARTS) is 1. The van der Waals surface area contributed by atoms with Crippen molar-refractivity contribution in [2.24, 2.45) is 5.92 Å². The van der Waals surface area contributed by atoms with E-state index in [9.17, 15) is 9.90 Å². The summed E-state index contributed by atoms with van der Waals surface area (Å²) < 4.78 is 0. The van der Waals surface area contributed by atoms with E-state index in [-0.39, 0.29) is 5.92 Å². The molecule has 1 aliphatic heterocycles. The maximum Gasteiger partial charge on any atom is 0.326 e. The molecule has 1 N–H and O–H groups in total. The Hall–Kier alpha value is -1.65. The summed E-state index contributed by atoms with van der Waals surface area (Å²) in [5.74, 6) is 0.835. The first-order valence-electron chi connectivity index (χ1n) is 6.37. The fourth-order valence-corrected chi connectivity index (χ4v) is 2.52. The van der Waals surface area contributed by atoms with Crippen LogP contribution in [-0.4, -0.2) is 33.6 Å². The van der Waals surface area contributed by atoms with Gasteiger partial charge in [-0.2, -0.15) is 0 Å².